The molecule has 0 aliphatic heterocycles. The Morgan fingerprint density at radius 2 is 1.94 bits per heavy atom. The van der Waals surface area contributed by atoms with Crippen molar-refractivity contribution in [3.63, 3.8) is 0 Å². The molecule has 1 aromatic rings. The monoisotopic (exact) mass is 267 g/mol. The number of rotatable bonds is 4. The molecule has 0 saturated carbocycles. The Labute approximate surface area is 115 Å². The summed E-state index contributed by atoms with van der Waals surface area (Å²) < 4.78 is 0. The van der Waals surface area contributed by atoms with E-state index >= 15 is 0 Å². The first-order chi connectivity index (χ1) is 8.36. The number of alkyl halides is 1. The van der Waals surface area contributed by atoms with Gasteiger partial charge in [0.15, 0.2) is 0 Å². The molecule has 0 aliphatic carbocycles. The first kappa shape index (κ1) is 15.0. The number of hydrogen-bond donors (Lipinski definition) is 1. The molecule has 0 bridgehead atoms. The second-order valence-electron chi connectivity index (χ2n) is 5.68. The molecule has 0 spiro atoms. The van der Waals surface area contributed by atoms with Crippen LogP contribution < -0.4 is 5.32 Å². The van der Waals surface area contributed by atoms with Crippen LogP contribution in [0.1, 0.15) is 43.1 Å². The van der Waals surface area contributed by atoms with Crippen molar-refractivity contribution in [2.24, 2.45) is 5.41 Å². The van der Waals surface area contributed by atoms with Gasteiger partial charge < -0.3 is 5.32 Å². The molecule has 0 aliphatic rings. The lowest BCUT2D eigenvalue weighted by molar-refractivity contribution is 0.0900. The lowest BCUT2D eigenvalue weighted by Crippen LogP contribution is -2.44. The summed E-state index contributed by atoms with van der Waals surface area (Å²) in [6.07, 6.45) is 0.780. The van der Waals surface area contributed by atoms with Crippen LogP contribution in [0.2, 0.25) is 0 Å². The normalized spacial score (nSPS) is 13.2. The summed E-state index contributed by atoms with van der Waals surface area (Å²) in [6, 6.07) is 7.71. The fourth-order valence-corrected chi connectivity index (χ4v) is 2.11. The molecule has 100 valence electrons. The average Bonchev–Trinajstić information content (AvgIpc) is 2.27. The Kier molecular flexibility index (Phi) is 5.21. The Hall–Kier alpha value is -1.02. The maximum atomic E-state index is 12.2. The lowest BCUT2D eigenvalue weighted by Gasteiger charge is -2.31. The van der Waals surface area contributed by atoms with Gasteiger partial charge in [0.25, 0.3) is 5.91 Å². The highest BCUT2D eigenvalue weighted by atomic mass is 35.5. The topological polar surface area (TPSA) is 29.1 Å². The van der Waals surface area contributed by atoms with Crippen LogP contribution in [-0.4, -0.2) is 17.8 Å². The van der Waals surface area contributed by atoms with E-state index in [0.717, 1.165) is 17.5 Å². The van der Waals surface area contributed by atoms with Crippen molar-refractivity contribution >= 4 is 17.5 Å². The minimum Gasteiger partial charge on any atom is -0.349 e. The highest BCUT2D eigenvalue weighted by molar-refractivity contribution is 6.17. The molecule has 0 aromatic heterocycles. The molecule has 1 rings (SSSR count). The second-order valence-corrected chi connectivity index (χ2v) is 6.06. The number of nitrogens with one attached hydrogen (secondary N) is 1. The zero-order valence-electron chi connectivity index (χ0n) is 11.6. The fraction of sp³-hybridized carbons (Fsp3) is 0.533. The number of carbonyl (C=O) groups is 1. The number of halogens is 1. The summed E-state index contributed by atoms with van der Waals surface area (Å²) in [7, 11) is 0. The van der Waals surface area contributed by atoms with Gasteiger partial charge in [0.2, 0.25) is 0 Å². The van der Waals surface area contributed by atoms with Crippen LogP contribution in [0, 0.1) is 12.3 Å². The van der Waals surface area contributed by atoms with Crippen LogP contribution >= 0.6 is 11.6 Å². The highest BCUT2D eigenvalue weighted by Gasteiger charge is 2.26. The first-order valence-corrected chi connectivity index (χ1v) is 6.82. The van der Waals surface area contributed by atoms with Crippen LogP contribution in [0.15, 0.2) is 24.3 Å². The van der Waals surface area contributed by atoms with Gasteiger partial charge in [-0.1, -0.05) is 39.0 Å². The molecule has 0 radical (unpaired) electrons. The summed E-state index contributed by atoms with van der Waals surface area (Å²) in [5, 5.41) is 3.09. The maximum absolute atomic E-state index is 12.2. The van der Waals surface area contributed by atoms with Crippen molar-refractivity contribution in [2.45, 2.75) is 40.2 Å². The molecular weight excluding hydrogens is 246 g/mol. The van der Waals surface area contributed by atoms with E-state index in [4.69, 9.17) is 11.6 Å². The number of carbonyl (C=O) groups excluding carboxylic acids is 1. The summed E-state index contributed by atoms with van der Waals surface area (Å²) in [5.74, 6) is 0.536. The van der Waals surface area contributed by atoms with Gasteiger partial charge in [0.1, 0.15) is 0 Å². The molecule has 0 fully saturated rings. The maximum Gasteiger partial charge on any atom is 0.251 e. The first-order valence-electron chi connectivity index (χ1n) is 6.28. The summed E-state index contributed by atoms with van der Waals surface area (Å²) >= 11 is 5.81. The van der Waals surface area contributed by atoms with Crippen molar-refractivity contribution in [3.05, 3.63) is 35.4 Å². The van der Waals surface area contributed by atoms with E-state index in [1.807, 2.05) is 31.2 Å². The molecule has 1 unspecified atom stereocenters. The third-order valence-corrected chi connectivity index (χ3v) is 3.36. The van der Waals surface area contributed by atoms with Crippen molar-refractivity contribution in [1.82, 2.24) is 5.32 Å². The lowest BCUT2D eigenvalue weighted by atomic mass is 9.85. The molecule has 18 heavy (non-hydrogen) atoms. The number of benzene rings is 1. The van der Waals surface area contributed by atoms with Gasteiger partial charge in [-0.05, 0) is 30.4 Å². The summed E-state index contributed by atoms with van der Waals surface area (Å²) in [5.41, 5.74) is 1.74. The van der Waals surface area contributed by atoms with E-state index in [9.17, 15) is 4.79 Å². The number of amides is 1. The highest BCUT2D eigenvalue weighted by Crippen LogP contribution is 2.23. The quantitative estimate of drug-likeness (QED) is 0.827. The van der Waals surface area contributed by atoms with Gasteiger partial charge in [-0.25, -0.2) is 0 Å². The third-order valence-electron chi connectivity index (χ3n) is 3.14. The molecule has 3 heteroatoms. The van der Waals surface area contributed by atoms with Crippen LogP contribution in [0.25, 0.3) is 0 Å². The zero-order valence-corrected chi connectivity index (χ0v) is 12.3. The fourth-order valence-electron chi connectivity index (χ4n) is 1.89. The molecule has 0 saturated heterocycles. The standard InChI is InChI=1S/C15H22ClNO/c1-11-7-5-6-8-12(11)14(18)17-13(9-10-16)15(2,3)4/h5-8,13H,9-10H2,1-4H3,(H,17,18). The van der Waals surface area contributed by atoms with Crippen LogP contribution in [0.5, 0.6) is 0 Å². The Bertz CT molecular complexity index is 409. The predicted octanol–water partition coefficient (Wildman–Crippen LogP) is 3.77. The average molecular weight is 268 g/mol. The smallest absolute Gasteiger partial charge is 0.251 e. The molecule has 1 amide bonds. The summed E-state index contributed by atoms with van der Waals surface area (Å²) in [4.78, 5) is 12.2. The van der Waals surface area contributed by atoms with E-state index in [2.05, 4.69) is 26.1 Å². The Morgan fingerprint density at radius 1 is 1.33 bits per heavy atom. The molecule has 1 atom stereocenters. The van der Waals surface area contributed by atoms with Gasteiger partial charge in [-0.3, -0.25) is 4.79 Å². The molecular formula is C15H22ClNO. The molecule has 1 N–H and O–H groups in total. The number of aryl methyl sites for hydroxylation is 1. The predicted molar refractivity (Wildman–Crippen MR) is 77.2 cm³/mol. The van der Waals surface area contributed by atoms with E-state index in [1.165, 1.54) is 0 Å². The largest absolute Gasteiger partial charge is 0.349 e. The Morgan fingerprint density at radius 3 is 2.44 bits per heavy atom. The van der Waals surface area contributed by atoms with Crippen LogP contribution in [0.3, 0.4) is 0 Å². The van der Waals surface area contributed by atoms with Gasteiger partial charge >= 0.3 is 0 Å². The van der Waals surface area contributed by atoms with Gasteiger partial charge in [0.05, 0.1) is 0 Å². The minimum atomic E-state index is -0.0156. The zero-order chi connectivity index (χ0) is 13.8. The minimum absolute atomic E-state index is 0.00718. The van der Waals surface area contributed by atoms with E-state index in [0.29, 0.717) is 5.88 Å². The second kappa shape index (κ2) is 6.24. The van der Waals surface area contributed by atoms with Crippen LogP contribution in [0.4, 0.5) is 0 Å². The van der Waals surface area contributed by atoms with Gasteiger partial charge in [-0.2, -0.15) is 0 Å². The molecule has 0 heterocycles. The SMILES string of the molecule is Cc1ccccc1C(=O)NC(CCCl)C(C)(C)C. The Balaban J connectivity index is 2.82. The van der Waals surface area contributed by atoms with Crippen molar-refractivity contribution in [1.29, 1.82) is 0 Å². The molecule has 2 nitrogen and oxygen atoms in total. The van der Waals surface area contributed by atoms with Gasteiger partial charge in [0, 0.05) is 17.5 Å². The third kappa shape index (κ3) is 4.02. The van der Waals surface area contributed by atoms with Crippen LogP contribution in [-0.2, 0) is 0 Å². The van der Waals surface area contributed by atoms with E-state index < -0.39 is 0 Å². The van der Waals surface area contributed by atoms with E-state index in [-0.39, 0.29) is 17.4 Å². The van der Waals surface area contributed by atoms with Crippen molar-refractivity contribution in [3.8, 4) is 0 Å². The van der Waals surface area contributed by atoms with E-state index in [1.54, 1.807) is 0 Å². The van der Waals surface area contributed by atoms with Gasteiger partial charge in [-0.15, -0.1) is 11.6 Å². The molecule has 1 aromatic carbocycles. The van der Waals surface area contributed by atoms with Crippen molar-refractivity contribution in [2.75, 3.05) is 5.88 Å². The number of hydrogen-bond acceptors (Lipinski definition) is 1. The van der Waals surface area contributed by atoms with Crippen molar-refractivity contribution < 1.29 is 4.79 Å². The summed E-state index contributed by atoms with van der Waals surface area (Å²) in [6.45, 7) is 8.29.